The topological polar surface area (TPSA) is 13.1 Å². The minimum atomic E-state index is 0.954. The fourth-order valence-corrected chi connectivity index (χ4v) is 1.32. The van der Waals surface area contributed by atoms with Crippen LogP contribution in [0.25, 0.3) is 11.3 Å². The molecule has 0 spiro atoms. The summed E-state index contributed by atoms with van der Waals surface area (Å²) in [5.74, 6) is 1.95. The van der Waals surface area contributed by atoms with Crippen molar-refractivity contribution in [1.82, 2.24) is 0 Å². The van der Waals surface area contributed by atoms with Gasteiger partial charge in [-0.2, -0.15) is 0 Å². The van der Waals surface area contributed by atoms with Gasteiger partial charge in [-0.25, -0.2) is 0 Å². The average Bonchev–Trinajstić information content (AvgIpc) is 2.49. The highest BCUT2D eigenvalue weighted by Crippen LogP contribution is 2.24. The molecule has 0 amide bonds. The van der Waals surface area contributed by atoms with E-state index in [4.69, 9.17) is 4.42 Å². The molecule has 0 saturated heterocycles. The molecule has 1 heteroatoms. The summed E-state index contributed by atoms with van der Waals surface area (Å²) in [6, 6.07) is 12.2. The van der Waals surface area contributed by atoms with E-state index in [9.17, 15) is 0 Å². The predicted molar refractivity (Wildman–Crippen MR) is 53.6 cm³/mol. The van der Waals surface area contributed by atoms with Crippen LogP contribution in [0.15, 0.2) is 40.8 Å². The molecule has 0 atom stereocenters. The molecule has 0 N–H and O–H groups in total. The van der Waals surface area contributed by atoms with Crippen molar-refractivity contribution >= 4 is 0 Å². The van der Waals surface area contributed by atoms with Crippen molar-refractivity contribution in [2.24, 2.45) is 0 Å². The molecule has 0 aliphatic rings. The van der Waals surface area contributed by atoms with Crippen molar-refractivity contribution in [1.29, 1.82) is 0 Å². The average molecular weight is 172 g/mol. The van der Waals surface area contributed by atoms with Crippen molar-refractivity contribution in [3.63, 3.8) is 0 Å². The van der Waals surface area contributed by atoms with Gasteiger partial charge in [0.1, 0.15) is 11.5 Å². The van der Waals surface area contributed by atoms with Crippen molar-refractivity contribution in [2.75, 3.05) is 0 Å². The van der Waals surface area contributed by atoms with Gasteiger partial charge in [0, 0.05) is 5.56 Å². The molecule has 2 rings (SSSR count). The van der Waals surface area contributed by atoms with Gasteiger partial charge in [-0.1, -0.05) is 30.3 Å². The van der Waals surface area contributed by atoms with E-state index in [2.05, 4.69) is 25.1 Å². The normalized spacial score (nSPS) is 10.3. The fourth-order valence-electron chi connectivity index (χ4n) is 1.32. The number of aryl methyl sites for hydroxylation is 2. The second-order valence-electron chi connectivity index (χ2n) is 3.22. The Morgan fingerprint density at radius 1 is 1.00 bits per heavy atom. The van der Waals surface area contributed by atoms with Crippen LogP contribution in [0.2, 0.25) is 0 Å². The molecular weight excluding hydrogens is 160 g/mol. The molecule has 1 aromatic heterocycles. The van der Waals surface area contributed by atoms with Crippen molar-refractivity contribution in [2.45, 2.75) is 13.8 Å². The summed E-state index contributed by atoms with van der Waals surface area (Å²) >= 11 is 0. The lowest BCUT2D eigenvalue weighted by Gasteiger charge is -1.93. The van der Waals surface area contributed by atoms with Crippen LogP contribution in [0.5, 0.6) is 0 Å². The van der Waals surface area contributed by atoms with Gasteiger partial charge in [-0.05, 0) is 25.5 Å². The van der Waals surface area contributed by atoms with Crippen LogP contribution < -0.4 is 0 Å². The van der Waals surface area contributed by atoms with Crippen LogP contribution in [0, 0.1) is 13.8 Å². The lowest BCUT2D eigenvalue weighted by molar-refractivity contribution is 0.545. The third-order valence-electron chi connectivity index (χ3n) is 2.22. The molecule has 0 aliphatic heterocycles. The van der Waals surface area contributed by atoms with E-state index in [0.29, 0.717) is 0 Å². The lowest BCUT2D eigenvalue weighted by atomic mass is 10.1. The van der Waals surface area contributed by atoms with Crippen LogP contribution in [0.4, 0.5) is 0 Å². The summed E-state index contributed by atoms with van der Waals surface area (Å²) in [5.41, 5.74) is 2.34. The molecule has 0 radical (unpaired) electrons. The van der Waals surface area contributed by atoms with E-state index in [1.54, 1.807) is 0 Å². The standard InChI is InChI=1S/C12H12O/c1-9-8-12(13-10(9)2)11-6-4-3-5-7-11/h3-8H,1-2H3. The molecule has 0 bridgehead atoms. The van der Waals surface area contributed by atoms with E-state index in [1.165, 1.54) is 5.56 Å². The van der Waals surface area contributed by atoms with Gasteiger partial charge in [0.25, 0.3) is 0 Å². The van der Waals surface area contributed by atoms with Crippen LogP contribution >= 0.6 is 0 Å². The lowest BCUT2D eigenvalue weighted by Crippen LogP contribution is -1.69. The zero-order valence-electron chi connectivity index (χ0n) is 7.87. The first-order chi connectivity index (χ1) is 6.27. The number of benzene rings is 1. The number of rotatable bonds is 1. The van der Waals surface area contributed by atoms with Crippen molar-refractivity contribution < 1.29 is 4.42 Å². The highest BCUT2D eigenvalue weighted by atomic mass is 16.3. The molecule has 1 aromatic carbocycles. The van der Waals surface area contributed by atoms with E-state index in [0.717, 1.165) is 17.1 Å². The molecule has 0 saturated carbocycles. The monoisotopic (exact) mass is 172 g/mol. The van der Waals surface area contributed by atoms with E-state index in [-0.39, 0.29) is 0 Å². The maximum Gasteiger partial charge on any atom is 0.134 e. The van der Waals surface area contributed by atoms with Crippen molar-refractivity contribution in [3.05, 3.63) is 47.7 Å². The molecule has 2 aromatic rings. The smallest absolute Gasteiger partial charge is 0.134 e. The highest BCUT2D eigenvalue weighted by Gasteiger charge is 2.04. The quantitative estimate of drug-likeness (QED) is 0.641. The molecule has 0 fully saturated rings. The summed E-state index contributed by atoms with van der Waals surface area (Å²) in [6.07, 6.45) is 0. The fraction of sp³-hybridized carbons (Fsp3) is 0.167. The SMILES string of the molecule is Cc1cc(-c2ccccc2)oc1C. The first-order valence-corrected chi connectivity index (χ1v) is 4.40. The molecule has 1 heterocycles. The van der Waals surface area contributed by atoms with Crippen LogP contribution in [0.3, 0.4) is 0 Å². The first-order valence-electron chi connectivity index (χ1n) is 4.40. The summed E-state index contributed by atoms with van der Waals surface area (Å²) in [4.78, 5) is 0. The molecular formula is C12H12O. The molecule has 66 valence electrons. The Morgan fingerprint density at radius 2 is 1.69 bits per heavy atom. The van der Waals surface area contributed by atoms with Gasteiger partial charge in [0.2, 0.25) is 0 Å². The van der Waals surface area contributed by atoms with Crippen molar-refractivity contribution in [3.8, 4) is 11.3 Å². The van der Waals surface area contributed by atoms with Gasteiger partial charge >= 0.3 is 0 Å². The Bertz CT molecular complexity index is 379. The number of hydrogen-bond acceptors (Lipinski definition) is 1. The Balaban J connectivity index is 2.48. The Kier molecular flexibility index (Phi) is 1.93. The third kappa shape index (κ3) is 1.50. The largest absolute Gasteiger partial charge is 0.461 e. The highest BCUT2D eigenvalue weighted by molar-refractivity contribution is 5.58. The molecule has 1 nitrogen and oxygen atoms in total. The Hall–Kier alpha value is -1.50. The zero-order chi connectivity index (χ0) is 9.26. The predicted octanol–water partition coefficient (Wildman–Crippen LogP) is 3.56. The summed E-state index contributed by atoms with van der Waals surface area (Å²) in [6.45, 7) is 4.05. The van der Waals surface area contributed by atoms with Gasteiger partial charge in [-0.15, -0.1) is 0 Å². The molecule has 0 unspecified atom stereocenters. The summed E-state index contributed by atoms with van der Waals surface area (Å²) in [7, 11) is 0. The number of hydrogen-bond donors (Lipinski definition) is 0. The maximum atomic E-state index is 5.60. The van der Waals surface area contributed by atoms with E-state index in [1.807, 2.05) is 25.1 Å². The number of furan rings is 1. The second-order valence-corrected chi connectivity index (χ2v) is 3.22. The summed E-state index contributed by atoms with van der Waals surface area (Å²) in [5, 5.41) is 0. The van der Waals surface area contributed by atoms with Crippen LogP contribution in [0.1, 0.15) is 11.3 Å². The second kappa shape index (κ2) is 3.09. The van der Waals surface area contributed by atoms with Crippen LogP contribution in [-0.4, -0.2) is 0 Å². The maximum absolute atomic E-state index is 5.60. The first kappa shape index (κ1) is 8.11. The molecule has 13 heavy (non-hydrogen) atoms. The van der Waals surface area contributed by atoms with Gasteiger partial charge in [0.15, 0.2) is 0 Å². The zero-order valence-corrected chi connectivity index (χ0v) is 7.87. The van der Waals surface area contributed by atoms with E-state index < -0.39 is 0 Å². The minimum absolute atomic E-state index is 0.954. The van der Waals surface area contributed by atoms with Gasteiger partial charge in [0.05, 0.1) is 0 Å². The third-order valence-corrected chi connectivity index (χ3v) is 2.22. The van der Waals surface area contributed by atoms with Gasteiger partial charge in [-0.3, -0.25) is 0 Å². The van der Waals surface area contributed by atoms with Crippen LogP contribution in [-0.2, 0) is 0 Å². The summed E-state index contributed by atoms with van der Waals surface area (Å²) < 4.78 is 5.60. The Morgan fingerprint density at radius 3 is 2.23 bits per heavy atom. The minimum Gasteiger partial charge on any atom is -0.461 e. The Labute approximate surface area is 78.0 Å². The van der Waals surface area contributed by atoms with Gasteiger partial charge < -0.3 is 4.42 Å². The van der Waals surface area contributed by atoms with E-state index >= 15 is 0 Å². The molecule has 0 aliphatic carbocycles.